The zero-order chi connectivity index (χ0) is 15.1. The maximum absolute atomic E-state index is 11.3. The summed E-state index contributed by atoms with van der Waals surface area (Å²) in [5, 5.41) is 10.6. The minimum Gasteiger partial charge on any atom is -0.384 e. The summed E-state index contributed by atoms with van der Waals surface area (Å²) in [6.45, 7) is 1.98. The zero-order valence-corrected chi connectivity index (χ0v) is 14.2. The van der Waals surface area contributed by atoms with Crippen LogP contribution in [0.3, 0.4) is 0 Å². The first-order valence-electron chi connectivity index (χ1n) is 6.30. The Morgan fingerprint density at radius 2 is 1.71 bits per heavy atom. The van der Waals surface area contributed by atoms with Crippen molar-refractivity contribution in [2.75, 3.05) is 0 Å². The van der Waals surface area contributed by atoms with E-state index in [1.165, 1.54) is 0 Å². The minimum absolute atomic E-state index is 0.262. The summed E-state index contributed by atoms with van der Waals surface area (Å²) in [7, 11) is 0. The number of hydrogen-bond donors (Lipinski definition) is 3. The molecule has 21 heavy (non-hydrogen) atoms. The van der Waals surface area contributed by atoms with E-state index in [4.69, 9.17) is 0 Å². The molecule has 0 spiro atoms. The third kappa shape index (κ3) is 2.84. The van der Waals surface area contributed by atoms with E-state index in [9.17, 15) is 9.90 Å². The maximum atomic E-state index is 11.3. The van der Waals surface area contributed by atoms with Gasteiger partial charge in [-0.15, -0.1) is 0 Å². The highest BCUT2D eigenvalue weighted by Gasteiger charge is 2.16. The van der Waals surface area contributed by atoms with E-state index in [0.29, 0.717) is 16.6 Å². The van der Waals surface area contributed by atoms with Gasteiger partial charge in [0, 0.05) is 14.5 Å². The molecule has 3 N–H and O–H groups in total. The predicted octanol–water partition coefficient (Wildman–Crippen LogP) is 3.77. The fourth-order valence-electron chi connectivity index (χ4n) is 2.38. The van der Waals surface area contributed by atoms with Gasteiger partial charge in [-0.05, 0) is 42.3 Å². The molecule has 0 saturated carbocycles. The maximum Gasteiger partial charge on any atom is 0.323 e. The molecule has 1 heterocycles. The van der Waals surface area contributed by atoms with Crippen LogP contribution in [0.5, 0.6) is 0 Å². The number of aliphatic hydroxyl groups excluding tert-OH is 1. The molecule has 3 rings (SSSR count). The molecule has 1 atom stereocenters. The van der Waals surface area contributed by atoms with Crippen molar-refractivity contribution in [2.45, 2.75) is 13.0 Å². The molecule has 6 heteroatoms. The van der Waals surface area contributed by atoms with E-state index in [-0.39, 0.29) is 5.69 Å². The molecule has 2 aromatic carbocycles. The first-order valence-corrected chi connectivity index (χ1v) is 7.89. The molecule has 4 nitrogen and oxygen atoms in total. The number of H-pyrrole nitrogens is 2. The summed E-state index contributed by atoms with van der Waals surface area (Å²) < 4.78 is 1.67. The Bertz CT molecular complexity index is 863. The third-order valence-electron chi connectivity index (χ3n) is 3.31. The van der Waals surface area contributed by atoms with Gasteiger partial charge in [0.2, 0.25) is 0 Å². The van der Waals surface area contributed by atoms with E-state index in [1.807, 2.05) is 25.1 Å². The quantitative estimate of drug-likeness (QED) is 0.600. The van der Waals surface area contributed by atoms with E-state index in [1.54, 1.807) is 12.1 Å². The fourth-order valence-corrected chi connectivity index (χ4v) is 3.57. The number of hydrogen-bond acceptors (Lipinski definition) is 2. The van der Waals surface area contributed by atoms with Crippen LogP contribution in [0, 0.1) is 6.92 Å². The van der Waals surface area contributed by atoms with Crippen molar-refractivity contribution in [2.24, 2.45) is 0 Å². The third-order valence-corrected chi connectivity index (χ3v) is 4.45. The van der Waals surface area contributed by atoms with Gasteiger partial charge in [0.25, 0.3) is 0 Å². The summed E-state index contributed by atoms with van der Waals surface area (Å²) >= 11 is 6.89. The summed E-state index contributed by atoms with van der Waals surface area (Å²) in [6.07, 6.45) is -0.779. The zero-order valence-electron chi connectivity index (χ0n) is 11.1. The number of halogens is 2. The second-order valence-electron chi connectivity index (χ2n) is 4.96. The topological polar surface area (TPSA) is 68.9 Å². The van der Waals surface area contributed by atoms with Crippen molar-refractivity contribution < 1.29 is 5.11 Å². The lowest BCUT2D eigenvalue weighted by Crippen LogP contribution is -2.01. The van der Waals surface area contributed by atoms with Crippen molar-refractivity contribution in [1.82, 2.24) is 9.97 Å². The lowest BCUT2D eigenvalue weighted by atomic mass is 9.99. The number of fused-ring (bicyclic) bond motifs is 1. The van der Waals surface area contributed by atoms with Gasteiger partial charge in [-0.3, -0.25) is 0 Å². The van der Waals surface area contributed by atoms with Crippen LogP contribution in [-0.4, -0.2) is 15.1 Å². The number of benzene rings is 2. The summed E-state index contributed by atoms with van der Waals surface area (Å²) in [6, 6.07) is 9.37. The SMILES string of the molecule is Cc1cc(Br)cc(C(O)c2cc3[nH]c(=O)[nH]c3cc2Br)c1. The number of aliphatic hydroxyl groups is 1. The molecule has 1 unspecified atom stereocenters. The summed E-state index contributed by atoms with van der Waals surface area (Å²) in [5.41, 5.74) is 3.67. The van der Waals surface area contributed by atoms with Crippen LogP contribution in [0.15, 0.2) is 44.1 Å². The Hall–Kier alpha value is -1.37. The number of aryl methyl sites for hydroxylation is 1. The van der Waals surface area contributed by atoms with Gasteiger partial charge in [-0.2, -0.15) is 0 Å². The molecule has 0 saturated heterocycles. The second kappa shape index (κ2) is 5.44. The van der Waals surface area contributed by atoms with E-state index in [2.05, 4.69) is 41.8 Å². The number of aromatic amines is 2. The molecule has 0 aliphatic carbocycles. The largest absolute Gasteiger partial charge is 0.384 e. The molecular formula is C15H12Br2N2O2. The standard InChI is InChI=1S/C15H12Br2N2O2/c1-7-2-8(4-9(16)3-7)14(20)10-5-12-13(6-11(10)17)19-15(21)18-12/h2-6,14,20H,1H3,(H2,18,19,21). The molecule has 108 valence electrons. The van der Waals surface area contributed by atoms with Gasteiger partial charge < -0.3 is 15.1 Å². The van der Waals surface area contributed by atoms with Crippen LogP contribution in [0.1, 0.15) is 22.8 Å². The number of rotatable bonds is 2. The van der Waals surface area contributed by atoms with Gasteiger partial charge >= 0.3 is 5.69 Å². The smallest absolute Gasteiger partial charge is 0.323 e. The Morgan fingerprint density at radius 3 is 2.38 bits per heavy atom. The molecule has 0 aliphatic heterocycles. The Labute approximate surface area is 137 Å². The van der Waals surface area contributed by atoms with Crippen LogP contribution < -0.4 is 5.69 Å². The lowest BCUT2D eigenvalue weighted by molar-refractivity contribution is 0.219. The molecule has 0 amide bonds. The Balaban J connectivity index is 2.13. The minimum atomic E-state index is -0.779. The van der Waals surface area contributed by atoms with Crippen molar-refractivity contribution in [3.63, 3.8) is 0 Å². The average Bonchev–Trinajstić information content (AvgIpc) is 2.75. The van der Waals surface area contributed by atoms with E-state index < -0.39 is 6.10 Å². The average molecular weight is 412 g/mol. The van der Waals surface area contributed by atoms with Crippen LogP contribution in [0.2, 0.25) is 0 Å². The first kappa shape index (κ1) is 14.6. The van der Waals surface area contributed by atoms with Gasteiger partial charge in [0.15, 0.2) is 0 Å². The summed E-state index contributed by atoms with van der Waals surface area (Å²) in [4.78, 5) is 16.7. The van der Waals surface area contributed by atoms with Gasteiger partial charge in [0.1, 0.15) is 6.10 Å². The van der Waals surface area contributed by atoms with Gasteiger partial charge in [-0.1, -0.05) is 37.9 Å². The van der Waals surface area contributed by atoms with Crippen molar-refractivity contribution >= 4 is 42.9 Å². The predicted molar refractivity (Wildman–Crippen MR) is 89.6 cm³/mol. The number of imidazole rings is 1. The van der Waals surface area contributed by atoms with Crippen molar-refractivity contribution in [3.8, 4) is 0 Å². The monoisotopic (exact) mass is 410 g/mol. The van der Waals surface area contributed by atoms with Crippen LogP contribution in [0.25, 0.3) is 11.0 Å². The van der Waals surface area contributed by atoms with Gasteiger partial charge in [0.05, 0.1) is 11.0 Å². The van der Waals surface area contributed by atoms with E-state index >= 15 is 0 Å². The number of nitrogens with one attached hydrogen (secondary N) is 2. The molecule has 0 fully saturated rings. The summed E-state index contributed by atoms with van der Waals surface area (Å²) in [5.74, 6) is 0. The second-order valence-corrected chi connectivity index (χ2v) is 6.73. The normalized spacial score (nSPS) is 12.8. The van der Waals surface area contributed by atoms with Crippen LogP contribution in [0.4, 0.5) is 0 Å². The molecule has 3 aromatic rings. The molecule has 0 aliphatic rings. The highest BCUT2D eigenvalue weighted by Crippen LogP contribution is 2.32. The molecular weight excluding hydrogens is 400 g/mol. The highest BCUT2D eigenvalue weighted by molar-refractivity contribution is 9.10. The highest BCUT2D eigenvalue weighted by atomic mass is 79.9. The van der Waals surface area contributed by atoms with Crippen molar-refractivity contribution in [1.29, 1.82) is 0 Å². The van der Waals surface area contributed by atoms with E-state index in [0.717, 1.165) is 20.1 Å². The molecule has 0 radical (unpaired) electrons. The first-order chi connectivity index (χ1) is 9.94. The Kier molecular flexibility index (Phi) is 3.77. The van der Waals surface area contributed by atoms with Crippen LogP contribution in [-0.2, 0) is 0 Å². The molecule has 1 aromatic heterocycles. The number of aromatic nitrogens is 2. The van der Waals surface area contributed by atoms with Crippen molar-refractivity contribution in [3.05, 3.63) is 66.5 Å². The lowest BCUT2D eigenvalue weighted by Gasteiger charge is -2.15. The molecule has 0 bridgehead atoms. The Morgan fingerprint density at radius 1 is 1.05 bits per heavy atom. The van der Waals surface area contributed by atoms with Gasteiger partial charge in [-0.25, -0.2) is 4.79 Å². The van der Waals surface area contributed by atoms with Crippen LogP contribution >= 0.6 is 31.9 Å². The fraction of sp³-hybridized carbons (Fsp3) is 0.133.